The minimum atomic E-state index is -1.00. The van der Waals surface area contributed by atoms with Crippen LogP contribution in [-0.4, -0.2) is 28.5 Å². The lowest BCUT2D eigenvalue weighted by molar-refractivity contribution is -0.138. The predicted molar refractivity (Wildman–Crippen MR) is 122 cm³/mol. The molecule has 1 aliphatic carbocycles. The van der Waals surface area contributed by atoms with E-state index in [1.54, 1.807) is 12.1 Å². The first-order chi connectivity index (χ1) is 15.0. The molecule has 0 radical (unpaired) electrons. The van der Waals surface area contributed by atoms with Gasteiger partial charge in [-0.3, -0.25) is 14.4 Å². The number of nitrogens with one attached hydrogen (secondary N) is 1. The van der Waals surface area contributed by atoms with E-state index < -0.39 is 5.97 Å². The van der Waals surface area contributed by atoms with Crippen LogP contribution >= 0.6 is 11.8 Å². The zero-order valence-corrected chi connectivity index (χ0v) is 17.6. The molecule has 3 aromatic rings. The highest BCUT2D eigenvalue weighted by atomic mass is 32.2. The molecule has 0 heterocycles. The molecule has 0 spiro atoms. The van der Waals surface area contributed by atoms with Gasteiger partial charge in [0.25, 0.3) is 0 Å². The quantitative estimate of drug-likeness (QED) is 0.302. The summed E-state index contributed by atoms with van der Waals surface area (Å²) in [6.07, 6.45) is 0.599. The first kappa shape index (κ1) is 20.9. The monoisotopic (exact) mass is 431 g/mol. The second kappa shape index (κ2) is 9.18. The average molecular weight is 432 g/mol. The Hall–Kier alpha value is -3.38. The van der Waals surface area contributed by atoms with Crippen LogP contribution in [0.5, 0.6) is 0 Å². The molecule has 2 N–H and O–H groups in total. The molecule has 0 unspecified atom stereocenters. The van der Waals surface area contributed by atoms with Crippen molar-refractivity contribution >= 4 is 35.1 Å². The van der Waals surface area contributed by atoms with Crippen molar-refractivity contribution in [2.24, 2.45) is 0 Å². The van der Waals surface area contributed by atoms with E-state index in [1.807, 2.05) is 42.5 Å². The number of amides is 1. The van der Waals surface area contributed by atoms with Crippen LogP contribution in [-0.2, 0) is 16.0 Å². The minimum Gasteiger partial charge on any atom is -0.481 e. The number of carbonyl (C=O) groups is 3. The summed E-state index contributed by atoms with van der Waals surface area (Å²) in [6, 6.07) is 21.5. The maximum absolute atomic E-state index is 12.7. The molecule has 1 aliphatic rings. The molecule has 0 bridgehead atoms. The third-order valence-corrected chi connectivity index (χ3v) is 6.20. The third-order valence-electron chi connectivity index (χ3n) is 5.19. The van der Waals surface area contributed by atoms with Crippen LogP contribution in [0.4, 0.5) is 5.69 Å². The Morgan fingerprint density at radius 1 is 0.871 bits per heavy atom. The number of carbonyl (C=O) groups excluding carboxylic acids is 2. The molecule has 0 saturated carbocycles. The zero-order valence-electron chi connectivity index (χ0n) is 16.8. The summed E-state index contributed by atoms with van der Waals surface area (Å²) in [5.41, 5.74) is 6.28. The van der Waals surface area contributed by atoms with Crippen LogP contribution in [0.2, 0.25) is 0 Å². The molecule has 0 atom stereocenters. The highest BCUT2D eigenvalue weighted by molar-refractivity contribution is 8.00. The van der Waals surface area contributed by atoms with Crippen LogP contribution < -0.4 is 5.32 Å². The summed E-state index contributed by atoms with van der Waals surface area (Å²) in [7, 11) is 0. The van der Waals surface area contributed by atoms with Crippen LogP contribution in [0.3, 0.4) is 0 Å². The van der Waals surface area contributed by atoms with Crippen molar-refractivity contribution in [2.45, 2.75) is 24.2 Å². The van der Waals surface area contributed by atoms with Crippen LogP contribution in [0, 0.1) is 0 Å². The van der Waals surface area contributed by atoms with Crippen LogP contribution in [0.1, 0.15) is 34.3 Å². The Morgan fingerprint density at radius 3 is 2.39 bits per heavy atom. The van der Waals surface area contributed by atoms with E-state index >= 15 is 0 Å². The topological polar surface area (TPSA) is 83.5 Å². The standard InChI is InChI=1S/C25H21NO4S/c27-23(17-5-10-22-18(14-17)13-16-3-1-2-4-21(16)22)15-31-20-8-6-19(7-9-20)26-24(28)11-12-25(29)30/h1-10,14H,11-13,15H2,(H,26,28)(H,29,30). The van der Waals surface area contributed by atoms with Gasteiger partial charge in [0, 0.05) is 22.6 Å². The molecule has 4 rings (SSSR count). The van der Waals surface area contributed by atoms with Gasteiger partial charge in [-0.05, 0) is 59.0 Å². The van der Waals surface area contributed by atoms with Crippen molar-refractivity contribution in [3.63, 3.8) is 0 Å². The molecule has 0 saturated heterocycles. The van der Waals surface area contributed by atoms with Crippen molar-refractivity contribution in [3.8, 4) is 11.1 Å². The smallest absolute Gasteiger partial charge is 0.303 e. The Labute approximate surface area is 184 Å². The number of ketones is 1. The van der Waals surface area contributed by atoms with E-state index in [0.717, 1.165) is 16.9 Å². The van der Waals surface area contributed by atoms with Gasteiger partial charge in [0.2, 0.25) is 5.91 Å². The van der Waals surface area contributed by atoms with Gasteiger partial charge in [-0.15, -0.1) is 11.8 Å². The first-order valence-electron chi connectivity index (χ1n) is 9.98. The largest absolute Gasteiger partial charge is 0.481 e. The number of fused-ring (bicyclic) bond motifs is 3. The fraction of sp³-hybridized carbons (Fsp3) is 0.160. The summed E-state index contributed by atoms with van der Waals surface area (Å²) >= 11 is 1.45. The van der Waals surface area contributed by atoms with Gasteiger partial charge >= 0.3 is 5.97 Å². The fourth-order valence-electron chi connectivity index (χ4n) is 3.63. The highest BCUT2D eigenvalue weighted by Crippen LogP contribution is 2.37. The lowest BCUT2D eigenvalue weighted by Gasteiger charge is -2.07. The van der Waals surface area contributed by atoms with Crippen LogP contribution in [0.25, 0.3) is 11.1 Å². The summed E-state index contributed by atoms with van der Waals surface area (Å²) in [5.74, 6) is -0.929. The number of carboxylic acids is 1. The Bertz CT molecular complexity index is 1150. The molecule has 0 fully saturated rings. The maximum Gasteiger partial charge on any atom is 0.303 e. The van der Waals surface area contributed by atoms with Crippen molar-refractivity contribution in [1.29, 1.82) is 0 Å². The number of benzene rings is 3. The Kier molecular flexibility index (Phi) is 6.18. The lowest BCUT2D eigenvalue weighted by Crippen LogP contribution is -2.13. The molecule has 0 aliphatic heterocycles. The number of hydrogen-bond acceptors (Lipinski definition) is 4. The maximum atomic E-state index is 12.7. The second-order valence-electron chi connectivity index (χ2n) is 7.38. The summed E-state index contributed by atoms with van der Waals surface area (Å²) in [5, 5.41) is 11.3. The molecular weight excluding hydrogens is 410 g/mol. The van der Waals surface area contributed by atoms with Gasteiger partial charge in [-0.25, -0.2) is 0 Å². The molecule has 1 amide bonds. The number of Topliss-reactive ketones (excluding diaryl/α,β-unsaturated/α-hetero) is 1. The van der Waals surface area contributed by atoms with E-state index in [4.69, 9.17) is 5.11 Å². The van der Waals surface area contributed by atoms with Gasteiger partial charge in [0.1, 0.15) is 0 Å². The van der Waals surface area contributed by atoms with E-state index in [2.05, 4.69) is 17.4 Å². The highest BCUT2D eigenvalue weighted by Gasteiger charge is 2.19. The van der Waals surface area contributed by atoms with Gasteiger partial charge in [0.15, 0.2) is 5.78 Å². The lowest BCUT2D eigenvalue weighted by atomic mass is 10.0. The number of aliphatic carboxylic acids is 1. The molecule has 5 nitrogen and oxygen atoms in total. The first-order valence-corrected chi connectivity index (χ1v) is 11.0. The van der Waals surface area contributed by atoms with E-state index in [-0.39, 0.29) is 24.5 Å². The molecule has 3 aromatic carbocycles. The minimum absolute atomic E-state index is 0.0633. The molecule has 156 valence electrons. The second-order valence-corrected chi connectivity index (χ2v) is 8.43. The number of rotatable bonds is 8. The van der Waals surface area contributed by atoms with Crippen molar-refractivity contribution < 1.29 is 19.5 Å². The number of thioether (sulfide) groups is 1. The predicted octanol–water partition coefficient (Wildman–Crippen LogP) is 5.04. The normalized spacial score (nSPS) is 11.5. The molecular formula is C25H21NO4S. The van der Waals surface area contributed by atoms with E-state index in [1.165, 1.54) is 34.0 Å². The Morgan fingerprint density at radius 2 is 1.61 bits per heavy atom. The van der Waals surface area contributed by atoms with Crippen molar-refractivity contribution in [3.05, 3.63) is 83.4 Å². The van der Waals surface area contributed by atoms with Gasteiger partial charge in [-0.1, -0.05) is 36.4 Å². The molecule has 0 aromatic heterocycles. The Balaban J connectivity index is 1.33. The van der Waals surface area contributed by atoms with E-state index in [0.29, 0.717) is 11.4 Å². The van der Waals surface area contributed by atoms with Gasteiger partial charge in [0.05, 0.1) is 12.2 Å². The third kappa shape index (κ3) is 5.03. The van der Waals surface area contributed by atoms with Gasteiger partial charge < -0.3 is 10.4 Å². The molecule has 6 heteroatoms. The van der Waals surface area contributed by atoms with Crippen molar-refractivity contribution in [2.75, 3.05) is 11.1 Å². The van der Waals surface area contributed by atoms with Crippen molar-refractivity contribution in [1.82, 2.24) is 0 Å². The molecule has 31 heavy (non-hydrogen) atoms. The van der Waals surface area contributed by atoms with Crippen LogP contribution in [0.15, 0.2) is 71.6 Å². The summed E-state index contributed by atoms with van der Waals surface area (Å²) < 4.78 is 0. The SMILES string of the molecule is O=C(O)CCC(=O)Nc1ccc(SCC(=O)c2ccc3c(c2)Cc2ccccc2-3)cc1. The average Bonchev–Trinajstić information content (AvgIpc) is 3.15. The summed E-state index contributed by atoms with van der Waals surface area (Å²) in [6.45, 7) is 0. The fourth-order valence-corrected chi connectivity index (χ4v) is 4.42. The number of hydrogen-bond donors (Lipinski definition) is 2. The van der Waals surface area contributed by atoms with Gasteiger partial charge in [-0.2, -0.15) is 0 Å². The van der Waals surface area contributed by atoms with E-state index in [9.17, 15) is 14.4 Å². The number of anilines is 1. The zero-order chi connectivity index (χ0) is 21.8. The number of carboxylic acid groups (broad SMARTS) is 1. The summed E-state index contributed by atoms with van der Waals surface area (Å²) in [4.78, 5) is 35.9.